The zero-order valence-electron chi connectivity index (χ0n) is 8.37. The Morgan fingerprint density at radius 2 is 2.00 bits per heavy atom. The third kappa shape index (κ3) is 3.33. The predicted molar refractivity (Wildman–Crippen MR) is 55.6 cm³/mol. The van der Waals surface area contributed by atoms with Gasteiger partial charge in [0, 0.05) is 6.42 Å². The SMILES string of the molecule is C=C[C@@H](CCC=O)C1CCCCC1. The lowest BCUT2D eigenvalue weighted by molar-refractivity contribution is -0.108. The van der Waals surface area contributed by atoms with Crippen LogP contribution in [0.1, 0.15) is 44.9 Å². The lowest BCUT2D eigenvalue weighted by Gasteiger charge is -2.27. The van der Waals surface area contributed by atoms with Crippen LogP contribution in [0.5, 0.6) is 0 Å². The molecule has 1 heteroatoms. The van der Waals surface area contributed by atoms with E-state index in [1.807, 2.05) is 0 Å². The van der Waals surface area contributed by atoms with Crippen molar-refractivity contribution in [3.63, 3.8) is 0 Å². The monoisotopic (exact) mass is 180 g/mol. The summed E-state index contributed by atoms with van der Waals surface area (Å²) in [5, 5.41) is 0. The largest absolute Gasteiger partial charge is 0.303 e. The van der Waals surface area contributed by atoms with E-state index in [1.54, 1.807) is 0 Å². The molecule has 0 aromatic carbocycles. The van der Waals surface area contributed by atoms with Crippen molar-refractivity contribution in [1.82, 2.24) is 0 Å². The van der Waals surface area contributed by atoms with E-state index >= 15 is 0 Å². The minimum atomic E-state index is 0.588. The molecule has 0 saturated heterocycles. The molecule has 74 valence electrons. The molecule has 13 heavy (non-hydrogen) atoms. The van der Waals surface area contributed by atoms with Crippen molar-refractivity contribution in [1.29, 1.82) is 0 Å². The summed E-state index contributed by atoms with van der Waals surface area (Å²) in [4.78, 5) is 10.3. The molecule has 1 aliphatic rings. The maximum atomic E-state index is 10.3. The number of carbonyl (C=O) groups is 1. The first-order valence-electron chi connectivity index (χ1n) is 5.44. The van der Waals surface area contributed by atoms with Gasteiger partial charge >= 0.3 is 0 Å². The van der Waals surface area contributed by atoms with Crippen molar-refractivity contribution in [2.24, 2.45) is 11.8 Å². The topological polar surface area (TPSA) is 17.1 Å². The van der Waals surface area contributed by atoms with Crippen LogP contribution in [0, 0.1) is 11.8 Å². The molecule has 1 fully saturated rings. The molecule has 1 rings (SSSR count). The molecule has 1 nitrogen and oxygen atoms in total. The highest BCUT2D eigenvalue weighted by atomic mass is 16.1. The number of rotatable bonds is 5. The fourth-order valence-electron chi connectivity index (χ4n) is 2.37. The van der Waals surface area contributed by atoms with E-state index in [-0.39, 0.29) is 0 Å². The number of allylic oxidation sites excluding steroid dienone is 1. The summed E-state index contributed by atoms with van der Waals surface area (Å²) in [6.45, 7) is 3.87. The predicted octanol–water partition coefficient (Wildman–Crippen LogP) is 3.35. The summed E-state index contributed by atoms with van der Waals surface area (Å²) < 4.78 is 0. The van der Waals surface area contributed by atoms with E-state index in [0.29, 0.717) is 12.3 Å². The number of hydrogen-bond donors (Lipinski definition) is 0. The Labute approximate surface area is 81.2 Å². The van der Waals surface area contributed by atoms with E-state index in [1.165, 1.54) is 32.1 Å². The van der Waals surface area contributed by atoms with Gasteiger partial charge in [-0.05, 0) is 31.1 Å². The molecule has 0 spiro atoms. The quantitative estimate of drug-likeness (QED) is 0.468. The molecule has 1 saturated carbocycles. The molecule has 0 unspecified atom stereocenters. The van der Waals surface area contributed by atoms with Gasteiger partial charge in [-0.15, -0.1) is 6.58 Å². The fraction of sp³-hybridized carbons (Fsp3) is 0.750. The molecule has 0 bridgehead atoms. The lowest BCUT2D eigenvalue weighted by Crippen LogP contribution is -2.16. The van der Waals surface area contributed by atoms with Crippen LogP contribution in [0.25, 0.3) is 0 Å². The van der Waals surface area contributed by atoms with E-state index in [0.717, 1.165) is 18.6 Å². The summed E-state index contributed by atoms with van der Waals surface area (Å²) in [6.07, 6.45) is 11.6. The molecule has 0 amide bonds. The van der Waals surface area contributed by atoms with Gasteiger partial charge in [0.25, 0.3) is 0 Å². The third-order valence-corrected chi connectivity index (χ3v) is 3.18. The van der Waals surface area contributed by atoms with Crippen molar-refractivity contribution in [2.75, 3.05) is 0 Å². The number of aldehydes is 1. The smallest absolute Gasteiger partial charge is 0.120 e. The second kappa shape index (κ2) is 5.95. The lowest BCUT2D eigenvalue weighted by atomic mass is 9.78. The molecule has 0 radical (unpaired) electrons. The Balaban J connectivity index is 2.34. The van der Waals surface area contributed by atoms with Crippen LogP contribution < -0.4 is 0 Å². The first-order valence-corrected chi connectivity index (χ1v) is 5.44. The van der Waals surface area contributed by atoms with Crippen molar-refractivity contribution in [3.8, 4) is 0 Å². The Morgan fingerprint density at radius 1 is 1.31 bits per heavy atom. The molecule has 1 aliphatic carbocycles. The van der Waals surface area contributed by atoms with E-state index in [4.69, 9.17) is 0 Å². The van der Waals surface area contributed by atoms with E-state index in [9.17, 15) is 4.79 Å². The van der Waals surface area contributed by atoms with Crippen LogP contribution in [-0.4, -0.2) is 6.29 Å². The van der Waals surface area contributed by atoms with Gasteiger partial charge in [0.1, 0.15) is 6.29 Å². The van der Waals surface area contributed by atoms with Crippen LogP contribution in [0.2, 0.25) is 0 Å². The Morgan fingerprint density at radius 3 is 2.54 bits per heavy atom. The van der Waals surface area contributed by atoms with Crippen LogP contribution in [0.3, 0.4) is 0 Å². The average molecular weight is 180 g/mol. The summed E-state index contributed by atoms with van der Waals surface area (Å²) in [6, 6.07) is 0. The molecule has 0 N–H and O–H groups in total. The Bertz CT molecular complexity index is 157. The molecular weight excluding hydrogens is 160 g/mol. The molecule has 0 heterocycles. The van der Waals surface area contributed by atoms with Crippen molar-refractivity contribution in [2.45, 2.75) is 44.9 Å². The summed E-state index contributed by atoms with van der Waals surface area (Å²) >= 11 is 0. The average Bonchev–Trinajstić information content (AvgIpc) is 2.21. The summed E-state index contributed by atoms with van der Waals surface area (Å²) in [7, 11) is 0. The number of carbonyl (C=O) groups excluding carboxylic acids is 1. The summed E-state index contributed by atoms with van der Waals surface area (Å²) in [5.41, 5.74) is 0. The van der Waals surface area contributed by atoms with Gasteiger partial charge in [-0.2, -0.15) is 0 Å². The third-order valence-electron chi connectivity index (χ3n) is 3.18. The zero-order chi connectivity index (χ0) is 9.52. The van der Waals surface area contributed by atoms with E-state index in [2.05, 4.69) is 12.7 Å². The van der Waals surface area contributed by atoms with Gasteiger partial charge in [-0.1, -0.05) is 25.3 Å². The first-order chi connectivity index (χ1) is 6.38. The number of hydrogen-bond acceptors (Lipinski definition) is 1. The molecule has 0 aromatic rings. The van der Waals surface area contributed by atoms with E-state index < -0.39 is 0 Å². The second-order valence-electron chi connectivity index (χ2n) is 4.04. The minimum absolute atomic E-state index is 0.588. The van der Waals surface area contributed by atoms with Crippen LogP contribution in [-0.2, 0) is 4.79 Å². The maximum Gasteiger partial charge on any atom is 0.120 e. The van der Waals surface area contributed by atoms with Gasteiger partial charge in [0.15, 0.2) is 0 Å². The molecular formula is C12H20O. The standard InChI is InChI=1S/C12H20O/c1-2-11(9-6-10-13)12-7-4-3-5-8-12/h2,10-12H,1,3-9H2/t11-/m0/s1. The molecule has 1 atom stereocenters. The van der Waals surface area contributed by atoms with Gasteiger partial charge in [0.05, 0.1) is 0 Å². The maximum absolute atomic E-state index is 10.3. The first kappa shape index (κ1) is 10.5. The van der Waals surface area contributed by atoms with Crippen molar-refractivity contribution in [3.05, 3.63) is 12.7 Å². The van der Waals surface area contributed by atoms with Crippen LogP contribution in [0.4, 0.5) is 0 Å². The van der Waals surface area contributed by atoms with Gasteiger partial charge in [-0.25, -0.2) is 0 Å². The Kier molecular flexibility index (Phi) is 4.81. The van der Waals surface area contributed by atoms with Gasteiger partial charge in [-0.3, -0.25) is 0 Å². The normalized spacial score (nSPS) is 20.9. The summed E-state index contributed by atoms with van der Waals surface area (Å²) in [5.74, 6) is 1.40. The fourth-order valence-corrected chi connectivity index (χ4v) is 2.37. The zero-order valence-corrected chi connectivity index (χ0v) is 8.37. The highest BCUT2D eigenvalue weighted by molar-refractivity contribution is 5.49. The Hall–Kier alpha value is -0.590. The van der Waals surface area contributed by atoms with Crippen LogP contribution >= 0.6 is 0 Å². The van der Waals surface area contributed by atoms with Crippen molar-refractivity contribution >= 4 is 6.29 Å². The molecule has 0 aromatic heterocycles. The van der Waals surface area contributed by atoms with Gasteiger partial charge in [0.2, 0.25) is 0 Å². The highest BCUT2D eigenvalue weighted by Gasteiger charge is 2.20. The van der Waals surface area contributed by atoms with Gasteiger partial charge < -0.3 is 4.79 Å². The van der Waals surface area contributed by atoms with Crippen LogP contribution in [0.15, 0.2) is 12.7 Å². The molecule has 0 aliphatic heterocycles. The van der Waals surface area contributed by atoms with Crippen molar-refractivity contribution < 1.29 is 4.79 Å². The highest BCUT2D eigenvalue weighted by Crippen LogP contribution is 2.32. The minimum Gasteiger partial charge on any atom is -0.303 e. The second-order valence-corrected chi connectivity index (χ2v) is 4.04.